The van der Waals surface area contributed by atoms with Crippen molar-refractivity contribution in [3.63, 3.8) is 0 Å². The summed E-state index contributed by atoms with van der Waals surface area (Å²) in [6.45, 7) is 14.8. The first-order valence-electron chi connectivity index (χ1n) is 9.54. The lowest BCUT2D eigenvalue weighted by Gasteiger charge is -2.34. The van der Waals surface area contributed by atoms with Gasteiger partial charge in [0.2, 0.25) is 0 Å². The SMILES string of the molecule is CCO[Si](C)(OCC)c1ccc2ccccc2c1[Si](C)(OCC)OCC. The van der Waals surface area contributed by atoms with Gasteiger partial charge < -0.3 is 17.7 Å². The van der Waals surface area contributed by atoms with Crippen molar-refractivity contribution >= 4 is 38.3 Å². The minimum atomic E-state index is -2.63. The molecule has 0 fully saturated rings. The van der Waals surface area contributed by atoms with Crippen LogP contribution in [0.1, 0.15) is 27.7 Å². The quantitative estimate of drug-likeness (QED) is 0.580. The van der Waals surface area contributed by atoms with Gasteiger partial charge >= 0.3 is 17.1 Å². The van der Waals surface area contributed by atoms with Crippen molar-refractivity contribution in [2.75, 3.05) is 26.4 Å². The molecule has 2 aromatic carbocycles. The molecule has 0 aliphatic carbocycles. The Hall–Kier alpha value is -1.03. The van der Waals surface area contributed by atoms with Crippen LogP contribution < -0.4 is 10.4 Å². The van der Waals surface area contributed by atoms with Crippen molar-refractivity contribution in [3.05, 3.63) is 36.4 Å². The van der Waals surface area contributed by atoms with Crippen LogP contribution in [0.2, 0.25) is 13.1 Å². The second-order valence-corrected chi connectivity index (χ2v) is 12.3. The Balaban J connectivity index is 2.82. The molecule has 0 spiro atoms. The second-order valence-electron chi connectivity index (χ2n) is 6.33. The van der Waals surface area contributed by atoms with E-state index in [1.807, 2.05) is 27.7 Å². The molecule has 0 heterocycles. The molecule has 4 nitrogen and oxygen atoms in total. The predicted octanol–water partition coefficient (Wildman–Crippen LogP) is 3.54. The molecule has 0 N–H and O–H groups in total. The molecule has 6 heteroatoms. The summed E-state index contributed by atoms with van der Waals surface area (Å²) in [5, 5.41) is 4.67. The van der Waals surface area contributed by atoms with Crippen molar-refractivity contribution in [1.29, 1.82) is 0 Å². The van der Waals surface area contributed by atoms with E-state index in [0.717, 1.165) is 10.4 Å². The second kappa shape index (κ2) is 9.26. The van der Waals surface area contributed by atoms with Gasteiger partial charge in [-0.3, -0.25) is 0 Å². The Morgan fingerprint density at radius 2 is 1.15 bits per heavy atom. The highest BCUT2D eigenvalue weighted by Gasteiger charge is 2.45. The van der Waals surface area contributed by atoms with Crippen LogP contribution in [-0.2, 0) is 17.7 Å². The molecule has 0 aromatic heterocycles. The fraction of sp³-hybridized carbons (Fsp3) is 0.500. The number of fused-ring (bicyclic) bond motifs is 1. The van der Waals surface area contributed by atoms with Crippen LogP contribution in [0.5, 0.6) is 0 Å². The van der Waals surface area contributed by atoms with E-state index in [2.05, 4.69) is 49.5 Å². The summed E-state index contributed by atoms with van der Waals surface area (Å²) in [6, 6.07) is 12.7. The van der Waals surface area contributed by atoms with Crippen molar-refractivity contribution in [3.8, 4) is 0 Å². The first kappa shape index (κ1) is 21.3. The summed E-state index contributed by atoms with van der Waals surface area (Å²) in [4.78, 5) is 0. The van der Waals surface area contributed by atoms with E-state index < -0.39 is 17.1 Å². The van der Waals surface area contributed by atoms with E-state index in [-0.39, 0.29) is 0 Å². The van der Waals surface area contributed by atoms with Crippen LogP contribution >= 0.6 is 0 Å². The summed E-state index contributed by atoms with van der Waals surface area (Å²) in [5.74, 6) is 0. The summed E-state index contributed by atoms with van der Waals surface area (Å²) in [6.07, 6.45) is 0. The van der Waals surface area contributed by atoms with Crippen LogP contribution in [0.3, 0.4) is 0 Å². The Labute approximate surface area is 159 Å². The average molecular weight is 393 g/mol. The highest BCUT2D eigenvalue weighted by molar-refractivity contribution is 6.92. The first-order chi connectivity index (χ1) is 12.5. The van der Waals surface area contributed by atoms with Gasteiger partial charge in [0, 0.05) is 31.6 Å². The molecule has 0 aliphatic heterocycles. The monoisotopic (exact) mass is 392 g/mol. The van der Waals surface area contributed by atoms with Crippen LogP contribution in [-0.4, -0.2) is 43.5 Å². The zero-order valence-corrected chi connectivity index (χ0v) is 18.9. The van der Waals surface area contributed by atoms with E-state index >= 15 is 0 Å². The molecule has 2 aromatic rings. The van der Waals surface area contributed by atoms with Crippen LogP contribution in [0.15, 0.2) is 36.4 Å². The van der Waals surface area contributed by atoms with E-state index in [0.29, 0.717) is 26.4 Å². The molecular weight excluding hydrogens is 360 g/mol. The molecule has 26 heavy (non-hydrogen) atoms. The third kappa shape index (κ3) is 4.27. The molecule has 0 atom stereocenters. The van der Waals surface area contributed by atoms with Gasteiger partial charge in [-0.1, -0.05) is 36.4 Å². The zero-order valence-electron chi connectivity index (χ0n) is 16.9. The zero-order chi connectivity index (χ0) is 19.2. The standard InChI is InChI=1S/C20H32O4Si2/c1-7-21-25(5,22-8-2)19-16-15-17-13-11-12-14-18(17)20(19)26(6,23-9-3)24-10-4/h11-16H,7-10H2,1-6H3. The maximum absolute atomic E-state index is 6.28. The van der Waals surface area contributed by atoms with Crippen molar-refractivity contribution in [2.45, 2.75) is 40.8 Å². The molecule has 2 rings (SSSR count). The summed E-state index contributed by atoms with van der Waals surface area (Å²) in [7, 11) is -5.21. The maximum atomic E-state index is 6.28. The molecular formula is C20H32O4Si2. The van der Waals surface area contributed by atoms with Crippen LogP contribution in [0.25, 0.3) is 10.8 Å². The van der Waals surface area contributed by atoms with Gasteiger partial charge in [0.25, 0.3) is 0 Å². The summed E-state index contributed by atoms with van der Waals surface area (Å²) < 4.78 is 25.0. The van der Waals surface area contributed by atoms with Gasteiger partial charge in [-0.25, -0.2) is 0 Å². The fourth-order valence-corrected chi connectivity index (χ4v) is 10.2. The Kier molecular flexibility index (Phi) is 7.57. The molecule has 0 aliphatic rings. The van der Waals surface area contributed by atoms with Gasteiger partial charge in [0.15, 0.2) is 0 Å². The lowest BCUT2D eigenvalue weighted by atomic mass is 10.1. The van der Waals surface area contributed by atoms with Crippen molar-refractivity contribution in [1.82, 2.24) is 0 Å². The van der Waals surface area contributed by atoms with E-state index in [1.165, 1.54) is 10.8 Å². The highest BCUT2D eigenvalue weighted by atomic mass is 28.4. The van der Waals surface area contributed by atoms with E-state index in [4.69, 9.17) is 17.7 Å². The number of benzene rings is 2. The number of hydrogen-bond donors (Lipinski definition) is 0. The Morgan fingerprint density at radius 3 is 1.69 bits per heavy atom. The lowest BCUT2D eigenvalue weighted by molar-refractivity contribution is 0.198. The largest absolute Gasteiger partial charge is 0.391 e. The van der Waals surface area contributed by atoms with Crippen molar-refractivity contribution < 1.29 is 17.7 Å². The topological polar surface area (TPSA) is 36.9 Å². The molecule has 0 saturated heterocycles. The van der Waals surface area contributed by atoms with E-state index in [9.17, 15) is 0 Å². The molecule has 144 valence electrons. The number of rotatable bonds is 10. The molecule has 0 radical (unpaired) electrons. The van der Waals surface area contributed by atoms with Gasteiger partial charge in [-0.05, 0) is 56.7 Å². The highest BCUT2D eigenvalue weighted by Crippen LogP contribution is 2.20. The summed E-state index contributed by atoms with van der Waals surface area (Å²) in [5.41, 5.74) is 0. The van der Waals surface area contributed by atoms with Gasteiger partial charge in [-0.2, -0.15) is 0 Å². The normalized spacial score (nSPS) is 12.7. The van der Waals surface area contributed by atoms with Crippen molar-refractivity contribution in [2.24, 2.45) is 0 Å². The Morgan fingerprint density at radius 1 is 0.654 bits per heavy atom. The predicted molar refractivity (Wildman–Crippen MR) is 113 cm³/mol. The lowest BCUT2D eigenvalue weighted by Crippen LogP contribution is -2.66. The smallest absolute Gasteiger partial charge is 0.369 e. The van der Waals surface area contributed by atoms with Gasteiger partial charge in [-0.15, -0.1) is 0 Å². The van der Waals surface area contributed by atoms with Crippen LogP contribution in [0.4, 0.5) is 0 Å². The molecule has 0 bridgehead atoms. The number of hydrogen-bond acceptors (Lipinski definition) is 4. The minimum absolute atomic E-state index is 0.618. The van der Waals surface area contributed by atoms with E-state index in [1.54, 1.807) is 0 Å². The van der Waals surface area contributed by atoms with Crippen LogP contribution in [0, 0.1) is 0 Å². The molecule has 0 saturated carbocycles. The first-order valence-corrected chi connectivity index (χ1v) is 14.2. The minimum Gasteiger partial charge on any atom is -0.391 e. The molecule has 0 unspecified atom stereocenters. The average Bonchev–Trinajstić information content (AvgIpc) is 2.61. The van der Waals surface area contributed by atoms with Gasteiger partial charge in [0.05, 0.1) is 0 Å². The third-order valence-corrected chi connectivity index (χ3v) is 11.0. The summed E-state index contributed by atoms with van der Waals surface area (Å²) >= 11 is 0. The Bertz CT molecular complexity index is 708. The third-order valence-electron chi connectivity index (χ3n) is 4.55. The fourth-order valence-electron chi connectivity index (χ4n) is 3.62. The maximum Gasteiger partial charge on any atom is 0.369 e. The van der Waals surface area contributed by atoms with Gasteiger partial charge in [0.1, 0.15) is 0 Å². The molecule has 0 amide bonds.